The quantitative estimate of drug-likeness (QED) is 0.808. The Balaban J connectivity index is 1.31. The largest absolute Gasteiger partial charge is 0.310 e. The maximum absolute atomic E-state index is 4.34. The number of hydrogen-bond acceptors (Lipinski definition) is 4. The molecule has 3 heterocycles. The predicted octanol–water partition coefficient (Wildman–Crippen LogP) is 1.73. The number of nitrogens with one attached hydrogen (secondary N) is 1. The molecule has 0 saturated carbocycles. The standard InChI is InChI=1S/C17H28N4/c1-4-10-21(11-5-1)17-7-12-20(15-17)13-9-18-14-16-6-2-3-8-19-16/h2-3,6,8,17-18H,1,4-5,7,9-15H2. The smallest absolute Gasteiger partial charge is 0.0541 e. The third-order valence-electron chi connectivity index (χ3n) is 4.79. The number of rotatable bonds is 6. The first-order chi connectivity index (χ1) is 10.4. The fourth-order valence-electron chi connectivity index (χ4n) is 3.55. The molecule has 1 unspecified atom stereocenters. The van der Waals surface area contributed by atoms with Gasteiger partial charge in [0.2, 0.25) is 0 Å². The number of nitrogens with zero attached hydrogens (tertiary/aromatic N) is 3. The number of pyridine rings is 1. The molecule has 2 aliphatic heterocycles. The van der Waals surface area contributed by atoms with E-state index < -0.39 is 0 Å². The van der Waals surface area contributed by atoms with E-state index in [0.717, 1.165) is 31.4 Å². The maximum Gasteiger partial charge on any atom is 0.0541 e. The minimum Gasteiger partial charge on any atom is -0.310 e. The van der Waals surface area contributed by atoms with Gasteiger partial charge < -0.3 is 10.2 Å². The summed E-state index contributed by atoms with van der Waals surface area (Å²) in [6.07, 6.45) is 7.47. The molecule has 3 rings (SSSR count). The van der Waals surface area contributed by atoms with Gasteiger partial charge in [0.1, 0.15) is 0 Å². The maximum atomic E-state index is 4.34. The van der Waals surface area contributed by atoms with Crippen LogP contribution in [0.1, 0.15) is 31.4 Å². The summed E-state index contributed by atoms with van der Waals surface area (Å²) in [5, 5.41) is 3.51. The summed E-state index contributed by atoms with van der Waals surface area (Å²) in [6.45, 7) is 8.30. The van der Waals surface area contributed by atoms with E-state index in [9.17, 15) is 0 Å². The van der Waals surface area contributed by atoms with E-state index in [2.05, 4.69) is 26.2 Å². The third kappa shape index (κ3) is 4.50. The highest BCUT2D eigenvalue weighted by molar-refractivity contribution is 5.02. The Morgan fingerprint density at radius 3 is 2.86 bits per heavy atom. The Bertz CT molecular complexity index is 403. The molecule has 0 amide bonds. The normalized spacial score (nSPS) is 24.5. The van der Waals surface area contributed by atoms with Crippen molar-refractivity contribution in [2.75, 3.05) is 39.3 Å². The Hall–Kier alpha value is -0.970. The zero-order chi connectivity index (χ0) is 14.3. The molecule has 4 heteroatoms. The first kappa shape index (κ1) is 14.9. The summed E-state index contributed by atoms with van der Waals surface area (Å²) >= 11 is 0. The van der Waals surface area contributed by atoms with Crippen LogP contribution in [0.3, 0.4) is 0 Å². The van der Waals surface area contributed by atoms with Crippen LogP contribution in [0.5, 0.6) is 0 Å². The molecule has 4 nitrogen and oxygen atoms in total. The number of piperidine rings is 1. The summed E-state index contributed by atoms with van der Waals surface area (Å²) in [5.74, 6) is 0. The summed E-state index contributed by atoms with van der Waals surface area (Å²) in [4.78, 5) is 9.68. The second-order valence-electron chi connectivity index (χ2n) is 6.34. The fraction of sp³-hybridized carbons (Fsp3) is 0.706. The van der Waals surface area contributed by atoms with Crippen molar-refractivity contribution in [1.29, 1.82) is 0 Å². The van der Waals surface area contributed by atoms with E-state index in [1.165, 1.54) is 51.9 Å². The molecule has 2 saturated heterocycles. The lowest BCUT2D eigenvalue weighted by Crippen LogP contribution is -2.41. The van der Waals surface area contributed by atoms with Gasteiger partial charge in [-0.25, -0.2) is 0 Å². The molecule has 1 N–H and O–H groups in total. The zero-order valence-electron chi connectivity index (χ0n) is 13.0. The van der Waals surface area contributed by atoms with Crippen molar-refractivity contribution in [2.45, 2.75) is 38.3 Å². The van der Waals surface area contributed by atoms with Crippen LogP contribution in [0.2, 0.25) is 0 Å². The average Bonchev–Trinajstić information content (AvgIpc) is 3.02. The van der Waals surface area contributed by atoms with Gasteiger partial charge in [-0.3, -0.25) is 9.88 Å². The molecule has 116 valence electrons. The molecule has 21 heavy (non-hydrogen) atoms. The first-order valence-corrected chi connectivity index (χ1v) is 8.49. The Morgan fingerprint density at radius 2 is 2.05 bits per heavy atom. The van der Waals surface area contributed by atoms with Crippen LogP contribution >= 0.6 is 0 Å². The summed E-state index contributed by atoms with van der Waals surface area (Å²) < 4.78 is 0. The van der Waals surface area contributed by atoms with Gasteiger partial charge in [-0.05, 0) is 51.0 Å². The Labute approximate surface area is 128 Å². The molecular formula is C17H28N4. The minimum atomic E-state index is 0.820. The first-order valence-electron chi connectivity index (χ1n) is 8.49. The summed E-state index contributed by atoms with van der Waals surface area (Å²) in [5.41, 5.74) is 1.13. The molecule has 0 spiro atoms. The Kier molecular flexibility index (Phi) is 5.60. The highest BCUT2D eigenvalue weighted by Gasteiger charge is 2.27. The molecule has 1 atom stereocenters. The molecule has 0 aromatic carbocycles. The third-order valence-corrected chi connectivity index (χ3v) is 4.79. The molecule has 0 radical (unpaired) electrons. The van der Waals surface area contributed by atoms with Crippen LogP contribution in [0.4, 0.5) is 0 Å². The average molecular weight is 288 g/mol. The van der Waals surface area contributed by atoms with Crippen molar-refractivity contribution in [3.8, 4) is 0 Å². The van der Waals surface area contributed by atoms with Gasteiger partial charge in [0.25, 0.3) is 0 Å². The number of hydrogen-bond donors (Lipinski definition) is 1. The van der Waals surface area contributed by atoms with Crippen LogP contribution in [-0.2, 0) is 6.54 Å². The second kappa shape index (κ2) is 7.87. The topological polar surface area (TPSA) is 31.4 Å². The minimum absolute atomic E-state index is 0.820. The van der Waals surface area contributed by atoms with Gasteiger partial charge in [0.15, 0.2) is 0 Å². The molecule has 2 fully saturated rings. The van der Waals surface area contributed by atoms with Crippen LogP contribution in [0, 0.1) is 0 Å². The summed E-state index contributed by atoms with van der Waals surface area (Å²) in [6, 6.07) is 6.92. The Morgan fingerprint density at radius 1 is 1.14 bits per heavy atom. The highest BCUT2D eigenvalue weighted by Crippen LogP contribution is 2.19. The van der Waals surface area contributed by atoms with Gasteiger partial charge in [-0.15, -0.1) is 0 Å². The molecule has 2 aliphatic rings. The molecule has 0 bridgehead atoms. The van der Waals surface area contributed by atoms with Gasteiger partial charge in [0, 0.05) is 38.4 Å². The summed E-state index contributed by atoms with van der Waals surface area (Å²) in [7, 11) is 0. The van der Waals surface area contributed by atoms with Crippen LogP contribution < -0.4 is 5.32 Å². The second-order valence-corrected chi connectivity index (χ2v) is 6.34. The van der Waals surface area contributed by atoms with Crippen LogP contribution in [0.15, 0.2) is 24.4 Å². The number of likely N-dealkylation sites (tertiary alicyclic amines) is 2. The van der Waals surface area contributed by atoms with Gasteiger partial charge in [-0.2, -0.15) is 0 Å². The zero-order valence-corrected chi connectivity index (χ0v) is 13.0. The molecular weight excluding hydrogens is 260 g/mol. The lowest BCUT2D eigenvalue weighted by atomic mass is 10.1. The van der Waals surface area contributed by atoms with Crippen LogP contribution in [0.25, 0.3) is 0 Å². The van der Waals surface area contributed by atoms with Crippen molar-refractivity contribution < 1.29 is 0 Å². The predicted molar refractivity (Wildman–Crippen MR) is 86.2 cm³/mol. The highest BCUT2D eigenvalue weighted by atomic mass is 15.3. The van der Waals surface area contributed by atoms with Crippen molar-refractivity contribution in [3.63, 3.8) is 0 Å². The van der Waals surface area contributed by atoms with E-state index in [-0.39, 0.29) is 0 Å². The van der Waals surface area contributed by atoms with Gasteiger partial charge in [0.05, 0.1) is 5.69 Å². The van der Waals surface area contributed by atoms with E-state index in [1.54, 1.807) is 0 Å². The molecule has 1 aromatic rings. The van der Waals surface area contributed by atoms with Crippen molar-refractivity contribution in [1.82, 2.24) is 20.1 Å². The van der Waals surface area contributed by atoms with Crippen LogP contribution in [-0.4, -0.2) is 60.1 Å². The lowest BCUT2D eigenvalue weighted by molar-refractivity contribution is 0.162. The van der Waals surface area contributed by atoms with Gasteiger partial charge >= 0.3 is 0 Å². The molecule has 1 aromatic heterocycles. The number of aromatic nitrogens is 1. The van der Waals surface area contributed by atoms with E-state index in [0.29, 0.717) is 0 Å². The SMILES string of the molecule is c1ccc(CNCCN2CCC(N3CCCCC3)C2)nc1. The van der Waals surface area contributed by atoms with E-state index >= 15 is 0 Å². The van der Waals surface area contributed by atoms with E-state index in [4.69, 9.17) is 0 Å². The molecule has 0 aliphatic carbocycles. The lowest BCUT2D eigenvalue weighted by Gasteiger charge is -2.32. The van der Waals surface area contributed by atoms with Gasteiger partial charge in [-0.1, -0.05) is 12.5 Å². The van der Waals surface area contributed by atoms with Crippen molar-refractivity contribution in [2.24, 2.45) is 0 Å². The van der Waals surface area contributed by atoms with Crippen molar-refractivity contribution >= 4 is 0 Å². The van der Waals surface area contributed by atoms with E-state index in [1.807, 2.05) is 18.3 Å². The monoisotopic (exact) mass is 288 g/mol. The van der Waals surface area contributed by atoms with Crippen molar-refractivity contribution in [3.05, 3.63) is 30.1 Å². The fourth-order valence-corrected chi connectivity index (χ4v) is 3.55.